The first-order valence-electron chi connectivity index (χ1n) is 5.39. The van der Waals surface area contributed by atoms with Gasteiger partial charge in [0.2, 0.25) is 0 Å². The summed E-state index contributed by atoms with van der Waals surface area (Å²) in [6.07, 6.45) is 13.6. The summed E-state index contributed by atoms with van der Waals surface area (Å²) in [6, 6.07) is 0. The molecule has 0 aliphatic carbocycles. The number of unbranched alkanes of at least 4 members (excludes halogenated alkanes) is 1. The van der Waals surface area contributed by atoms with Gasteiger partial charge in [-0.1, -0.05) is 31.6 Å². The Morgan fingerprint density at radius 3 is 2.67 bits per heavy atom. The van der Waals surface area contributed by atoms with Gasteiger partial charge >= 0.3 is 0 Å². The van der Waals surface area contributed by atoms with Crippen molar-refractivity contribution in [2.24, 2.45) is 4.99 Å². The van der Waals surface area contributed by atoms with E-state index < -0.39 is 0 Å². The zero-order valence-electron chi connectivity index (χ0n) is 9.83. The van der Waals surface area contributed by atoms with E-state index in [0.29, 0.717) is 0 Å². The topological polar surface area (TPSA) is 12.4 Å². The lowest BCUT2D eigenvalue weighted by atomic mass is 10.2. The van der Waals surface area contributed by atoms with Crippen LogP contribution < -0.4 is 0 Å². The van der Waals surface area contributed by atoms with Crippen molar-refractivity contribution in [3.8, 4) is 0 Å². The van der Waals surface area contributed by atoms with Gasteiger partial charge < -0.3 is 0 Å². The molecular weight excluding hydrogens is 297 g/mol. The Balaban J connectivity index is 4.12. The van der Waals surface area contributed by atoms with Gasteiger partial charge in [0.15, 0.2) is 0 Å². The summed E-state index contributed by atoms with van der Waals surface area (Å²) in [5.41, 5.74) is 1.04. The number of halogens is 1. The second-order valence-electron chi connectivity index (χ2n) is 3.33. The number of hydrogen-bond donors (Lipinski definition) is 0. The molecule has 0 atom stereocenters. The standard InChI is InChI=1S/C13H20IN/c1-4-6-8-9-12(3)15-11-13(14)10-7-5-2/h4,6,8-9,11H,5,7,10H2,1-3H3/b6-4-,9-8-,13-11+,15-12-. The molecule has 0 aromatic heterocycles. The van der Waals surface area contributed by atoms with Crippen LogP contribution in [0.25, 0.3) is 0 Å². The van der Waals surface area contributed by atoms with Crippen molar-refractivity contribution in [3.05, 3.63) is 34.1 Å². The van der Waals surface area contributed by atoms with Crippen LogP contribution in [0.3, 0.4) is 0 Å². The van der Waals surface area contributed by atoms with E-state index in [1.165, 1.54) is 16.4 Å². The van der Waals surface area contributed by atoms with Gasteiger partial charge in [-0.15, -0.1) is 0 Å². The van der Waals surface area contributed by atoms with Crippen LogP contribution in [0.1, 0.15) is 40.0 Å². The molecule has 84 valence electrons. The maximum absolute atomic E-state index is 4.38. The molecule has 1 nitrogen and oxygen atoms in total. The molecule has 0 aromatic carbocycles. The fourth-order valence-corrected chi connectivity index (χ4v) is 1.45. The predicted octanol–water partition coefficient (Wildman–Crippen LogP) is 5.05. The molecular formula is C13H20IN. The third kappa shape index (κ3) is 9.91. The van der Waals surface area contributed by atoms with Gasteiger partial charge in [-0.05, 0) is 55.4 Å². The van der Waals surface area contributed by atoms with Crippen LogP contribution in [0.15, 0.2) is 39.1 Å². The van der Waals surface area contributed by atoms with Crippen molar-refractivity contribution < 1.29 is 0 Å². The first-order chi connectivity index (χ1) is 7.20. The molecule has 0 radical (unpaired) electrons. The van der Waals surface area contributed by atoms with Crippen molar-refractivity contribution >= 4 is 28.3 Å². The van der Waals surface area contributed by atoms with Gasteiger partial charge in [0.05, 0.1) is 0 Å². The summed E-state index contributed by atoms with van der Waals surface area (Å²) in [5, 5.41) is 0. The minimum Gasteiger partial charge on any atom is -0.261 e. The lowest BCUT2D eigenvalue weighted by Gasteiger charge is -1.94. The SMILES string of the molecule is C\C=C/C=C\C(C)=N/C=C(/I)CCCC. The molecule has 15 heavy (non-hydrogen) atoms. The second kappa shape index (κ2) is 10.1. The summed E-state index contributed by atoms with van der Waals surface area (Å²) in [5.74, 6) is 0. The third-order valence-electron chi connectivity index (χ3n) is 1.82. The monoisotopic (exact) mass is 317 g/mol. The van der Waals surface area contributed by atoms with Gasteiger partial charge in [0.25, 0.3) is 0 Å². The summed E-state index contributed by atoms with van der Waals surface area (Å²) in [7, 11) is 0. The van der Waals surface area contributed by atoms with Crippen LogP contribution in [-0.2, 0) is 0 Å². The van der Waals surface area contributed by atoms with E-state index in [1.54, 1.807) is 0 Å². The van der Waals surface area contributed by atoms with Gasteiger partial charge in [0, 0.05) is 15.5 Å². The molecule has 0 aliphatic heterocycles. The number of aliphatic imine (C=N–C) groups is 1. The van der Waals surface area contributed by atoms with Crippen LogP contribution in [0.2, 0.25) is 0 Å². The quantitative estimate of drug-likeness (QED) is 0.369. The maximum Gasteiger partial charge on any atom is 0.0372 e. The Morgan fingerprint density at radius 1 is 1.33 bits per heavy atom. The normalized spacial score (nSPS) is 14.4. The highest BCUT2D eigenvalue weighted by Crippen LogP contribution is 2.14. The van der Waals surface area contributed by atoms with Crippen LogP contribution >= 0.6 is 22.6 Å². The summed E-state index contributed by atoms with van der Waals surface area (Å²) in [6.45, 7) is 6.23. The van der Waals surface area contributed by atoms with Crippen LogP contribution in [0.4, 0.5) is 0 Å². The highest BCUT2D eigenvalue weighted by Gasteiger charge is 1.89. The Kier molecular flexibility index (Phi) is 9.89. The van der Waals surface area contributed by atoms with Crippen molar-refractivity contribution in [1.29, 1.82) is 0 Å². The van der Waals surface area contributed by atoms with E-state index in [-0.39, 0.29) is 0 Å². The molecule has 0 aromatic rings. The minimum absolute atomic E-state index is 1.04. The van der Waals surface area contributed by atoms with Gasteiger partial charge in [-0.3, -0.25) is 4.99 Å². The molecule has 0 unspecified atom stereocenters. The molecule has 0 saturated heterocycles. The number of hydrogen-bond acceptors (Lipinski definition) is 1. The average Bonchev–Trinajstić information content (AvgIpc) is 2.24. The maximum atomic E-state index is 4.38. The van der Waals surface area contributed by atoms with Gasteiger partial charge in [-0.25, -0.2) is 0 Å². The Morgan fingerprint density at radius 2 is 2.07 bits per heavy atom. The van der Waals surface area contributed by atoms with E-state index in [2.05, 4.69) is 34.5 Å². The Labute approximate surface area is 107 Å². The van der Waals surface area contributed by atoms with E-state index in [9.17, 15) is 0 Å². The van der Waals surface area contributed by atoms with Crippen LogP contribution in [-0.4, -0.2) is 5.71 Å². The van der Waals surface area contributed by atoms with Gasteiger partial charge in [-0.2, -0.15) is 0 Å². The molecule has 0 aliphatic rings. The number of allylic oxidation sites excluding steroid dienone is 5. The number of nitrogens with zero attached hydrogens (tertiary/aromatic N) is 1. The van der Waals surface area contributed by atoms with E-state index in [4.69, 9.17) is 0 Å². The summed E-state index contributed by atoms with van der Waals surface area (Å²) in [4.78, 5) is 4.38. The Hall–Kier alpha value is -0.380. The molecule has 0 spiro atoms. The molecule has 0 N–H and O–H groups in total. The fraction of sp³-hybridized carbons (Fsp3) is 0.462. The van der Waals surface area contributed by atoms with Crippen molar-refractivity contribution in [2.75, 3.05) is 0 Å². The molecule has 0 saturated carbocycles. The fourth-order valence-electron chi connectivity index (χ4n) is 0.931. The van der Waals surface area contributed by atoms with E-state index in [0.717, 1.165) is 12.1 Å². The van der Waals surface area contributed by atoms with Gasteiger partial charge in [0.1, 0.15) is 0 Å². The largest absolute Gasteiger partial charge is 0.261 e. The molecule has 0 rings (SSSR count). The lowest BCUT2D eigenvalue weighted by molar-refractivity contribution is 0.811. The summed E-state index contributed by atoms with van der Waals surface area (Å²) < 4.78 is 1.33. The molecule has 0 fully saturated rings. The smallest absolute Gasteiger partial charge is 0.0372 e. The average molecular weight is 317 g/mol. The Bertz CT molecular complexity index is 272. The summed E-state index contributed by atoms with van der Waals surface area (Å²) >= 11 is 2.36. The molecule has 2 heteroatoms. The minimum atomic E-state index is 1.04. The third-order valence-corrected chi connectivity index (χ3v) is 2.64. The molecule has 0 heterocycles. The van der Waals surface area contributed by atoms with Crippen LogP contribution in [0.5, 0.6) is 0 Å². The molecule has 0 amide bonds. The van der Waals surface area contributed by atoms with E-state index in [1.807, 2.05) is 44.4 Å². The zero-order valence-corrected chi connectivity index (χ0v) is 12.0. The first-order valence-corrected chi connectivity index (χ1v) is 6.46. The van der Waals surface area contributed by atoms with E-state index >= 15 is 0 Å². The predicted molar refractivity (Wildman–Crippen MR) is 78.7 cm³/mol. The van der Waals surface area contributed by atoms with Crippen molar-refractivity contribution in [2.45, 2.75) is 40.0 Å². The highest BCUT2D eigenvalue weighted by atomic mass is 127. The molecule has 0 bridgehead atoms. The van der Waals surface area contributed by atoms with Crippen LogP contribution in [0, 0.1) is 0 Å². The van der Waals surface area contributed by atoms with Crippen molar-refractivity contribution in [3.63, 3.8) is 0 Å². The lowest BCUT2D eigenvalue weighted by Crippen LogP contribution is -1.82. The second-order valence-corrected chi connectivity index (χ2v) is 4.72. The first kappa shape index (κ1) is 14.6. The number of rotatable bonds is 6. The zero-order chi connectivity index (χ0) is 11.5. The highest BCUT2D eigenvalue weighted by molar-refractivity contribution is 14.1. The van der Waals surface area contributed by atoms with Crippen molar-refractivity contribution in [1.82, 2.24) is 0 Å².